The number of likely N-dealkylation sites (tertiary alicyclic amines) is 1. The van der Waals surface area contributed by atoms with Crippen molar-refractivity contribution in [1.29, 1.82) is 0 Å². The van der Waals surface area contributed by atoms with Gasteiger partial charge < -0.3 is 14.6 Å². The van der Waals surface area contributed by atoms with Crippen molar-refractivity contribution in [2.75, 3.05) is 39.3 Å². The molecule has 0 radical (unpaired) electrons. The number of aryl methyl sites for hydroxylation is 1. The van der Waals surface area contributed by atoms with Crippen molar-refractivity contribution in [1.82, 2.24) is 19.1 Å². The van der Waals surface area contributed by atoms with E-state index >= 15 is 0 Å². The second kappa shape index (κ2) is 8.59. The van der Waals surface area contributed by atoms with Gasteiger partial charge in [0.2, 0.25) is 10.0 Å². The van der Waals surface area contributed by atoms with E-state index < -0.39 is 15.8 Å². The lowest BCUT2D eigenvalue weighted by atomic mass is 10.1. The van der Waals surface area contributed by atoms with Gasteiger partial charge in [0.05, 0.1) is 10.4 Å². The number of nitrogens with zero attached hydrogens (tertiary/aromatic N) is 3. The molecule has 1 aromatic carbocycles. The summed E-state index contributed by atoms with van der Waals surface area (Å²) >= 11 is 0. The van der Waals surface area contributed by atoms with Crippen LogP contribution in [0.1, 0.15) is 32.1 Å². The maximum absolute atomic E-state index is 13.6. The van der Waals surface area contributed by atoms with Crippen LogP contribution in [0.25, 0.3) is 11.1 Å². The van der Waals surface area contributed by atoms with Crippen molar-refractivity contribution < 1.29 is 12.8 Å². The van der Waals surface area contributed by atoms with Crippen molar-refractivity contribution in [3.63, 3.8) is 0 Å². The van der Waals surface area contributed by atoms with Gasteiger partial charge in [-0.25, -0.2) is 13.2 Å². The molecule has 2 saturated heterocycles. The van der Waals surface area contributed by atoms with Gasteiger partial charge in [0.15, 0.2) is 5.58 Å². The van der Waals surface area contributed by atoms with Crippen LogP contribution in [0.15, 0.2) is 32.3 Å². The smallest absolute Gasteiger partial charge is 0.408 e. The second-order valence-electron chi connectivity index (χ2n) is 8.07. The molecule has 2 fully saturated rings. The van der Waals surface area contributed by atoms with Crippen LogP contribution in [0.2, 0.25) is 0 Å². The van der Waals surface area contributed by atoms with E-state index in [4.69, 9.17) is 4.42 Å². The number of hydrogen-bond acceptors (Lipinski definition) is 6. The van der Waals surface area contributed by atoms with Crippen molar-refractivity contribution >= 4 is 21.1 Å². The molecule has 0 amide bonds. The molecule has 4 rings (SSSR count). The van der Waals surface area contributed by atoms with Gasteiger partial charge in [-0.15, -0.1) is 0 Å². The van der Waals surface area contributed by atoms with E-state index in [2.05, 4.69) is 10.2 Å². The molecular weight excluding hydrogens is 392 g/mol. The summed E-state index contributed by atoms with van der Waals surface area (Å²) in [7, 11) is -2.08. The molecule has 1 N–H and O–H groups in total. The van der Waals surface area contributed by atoms with Crippen molar-refractivity contribution in [3.05, 3.63) is 28.7 Å². The number of rotatable bonds is 7. The molecule has 0 spiro atoms. The van der Waals surface area contributed by atoms with Crippen molar-refractivity contribution in [2.24, 2.45) is 7.05 Å². The third-order valence-electron chi connectivity index (χ3n) is 6.10. The Morgan fingerprint density at radius 3 is 2.76 bits per heavy atom. The Hall–Kier alpha value is -1.68. The van der Waals surface area contributed by atoms with E-state index in [-0.39, 0.29) is 10.9 Å². The zero-order chi connectivity index (χ0) is 20.4. The fraction of sp³-hybridized carbons (Fsp3) is 0.650. The minimum atomic E-state index is -3.69. The molecular formula is C20H30N4O4S. The highest BCUT2D eigenvalue weighted by Crippen LogP contribution is 2.25. The van der Waals surface area contributed by atoms with Crippen LogP contribution in [0.5, 0.6) is 0 Å². The molecule has 1 atom stereocenters. The lowest BCUT2D eigenvalue weighted by Gasteiger charge is -2.34. The van der Waals surface area contributed by atoms with Gasteiger partial charge in [0, 0.05) is 32.2 Å². The van der Waals surface area contributed by atoms with Gasteiger partial charge in [0.1, 0.15) is 0 Å². The van der Waals surface area contributed by atoms with Gasteiger partial charge in [-0.3, -0.25) is 4.57 Å². The van der Waals surface area contributed by atoms with Gasteiger partial charge in [0.25, 0.3) is 0 Å². The number of piperidine rings is 1. The molecule has 2 aliphatic rings. The number of fused-ring (bicyclic) bond motifs is 1. The quantitative estimate of drug-likeness (QED) is 0.725. The van der Waals surface area contributed by atoms with Crippen LogP contribution in [-0.2, 0) is 17.1 Å². The summed E-state index contributed by atoms with van der Waals surface area (Å²) in [6.45, 7) is 5.26. The monoisotopic (exact) mass is 422 g/mol. The van der Waals surface area contributed by atoms with Gasteiger partial charge in [-0.05, 0) is 70.4 Å². The lowest BCUT2D eigenvalue weighted by molar-refractivity contribution is 0.246. The lowest BCUT2D eigenvalue weighted by Crippen LogP contribution is -2.49. The number of hydrogen-bond donors (Lipinski definition) is 1. The number of aromatic nitrogens is 1. The van der Waals surface area contributed by atoms with Gasteiger partial charge >= 0.3 is 5.76 Å². The molecule has 3 heterocycles. The average Bonchev–Trinajstić information content (AvgIpc) is 3.34. The first-order valence-electron chi connectivity index (χ1n) is 10.5. The van der Waals surface area contributed by atoms with E-state index in [1.165, 1.54) is 23.5 Å². The molecule has 9 heteroatoms. The van der Waals surface area contributed by atoms with E-state index in [1.54, 1.807) is 23.5 Å². The van der Waals surface area contributed by atoms with Crippen molar-refractivity contribution in [2.45, 2.75) is 43.0 Å². The summed E-state index contributed by atoms with van der Waals surface area (Å²) in [4.78, 5) is 14.4. The van der Waals surface area contributed by atoms with Crippen LogP contribution in [-0.4, -0.2) is 67.5 Å². The van der Waals surface area contributed by atoms with Crippen LogP contribution in [0.4, 0.5) is 0 Å². The maximum atomic E-state index is 13.6. The minimum Gasteiger partial charge on any atom is -0.408 e. The van der Waals surface area contributed by atoms with Crippen molar-refractivity contribution in [3.8, 4) is 0 Å². The van der Waals surface area contributed by atoms with E-state index in [0.29, 0.717) is 24.2 Å². The zero-order valence-electron chi connectivity index (χ0n) is 17.0. The first-order chi connectivity index (χ1) is 14.0. The normalized spacial score (nSPS) is 21.4. The maximum Gasteiger partial charge on any atom is 0.419 e. The Morgan fingerprint density at radius 2 is 2.03 bits per heavy atom. The predicted molar refractivity (Wildman–Crippen MR) is 112 cm³/mol. The first-order valence-corrected chi connectivity index (χ1v) is 12.0. The molecule has 29 heavy (non-hydrogen) atoms. The number of sulfonamides is 1. The summed E-state index contributed by atoms with van der Waals surface area (Å²) in [6, 6.07) is 4.66. The molecule has 8 nitrogen and oxygen atoms in total. The molecule has 2 aliphatic heterocycles. The summed E-state index contributed by atoms with van der Waals surface area (Å²) in [5, 5.41) is 3.33. The fourth-order valence-corrected chi connectivity index (χ4v) is 6.15. The zero-order valence-corrected chi connectivity index (χ0v) is 17.8. The molecule has 1 aromatic heterocycles. The molecule has 2 aromatic rings. The molecule has 0 aliphatic carbocycles. The Bertz CT molecular complexity index is 1000. The SMILES string of the molecule is Cn1c(=O)oc2cc(S(=O)(=O)N(CCCN3CCCC3)C3CCCNC3)ccc21. The van der Waals surface area contributed by atoms with Crippen LogP contribution < -0.4 is 11.1 Å². The van der Waals surface area contributed by atoms with Crippen LogP contribution >= 0.6 is 0 Å². The Kier molecular flexibility index (Phi) is 6.10. The summed E-state index contributed by atoms with van der Waals surface area (Å²) in [6.07, 6.45) is 5.11. The van der Waals surface area contributed by atoms with Gasteiger partial charge in [-0.2, -0.15) is 4.31 Å². The molecule has 160 valence electrons. The second-order valence-corrected chi connectivity index (χ2v) is 9.97. The highest BCUT2D eigenvalue weighted by atomic mass is 32.2. The van der Waals surface area contributed by atoms with E-state index in [1.807, 2.05) is 0 Å². The third kappa shape index (κ3) is 4.28. The van der Waals surface area contributed by atoms with E-state index in [0.717, 1.165) is 45.4 Å². The topological polar surface area (TPSA) is 87.8 Å². The fourth-order valence-electron chi connectivity index (χ4n) is 4.44. The van der Waals surface area contributed by atoms with Crippen LogP contribution in [0, 0.1) is 0 Å². The molecule has 0 bridgehead atoms. The minimum absolute atomic E-state index is 0.0502. The van der Waals surface area contributed by atoms with E-state index in [9.17, 15) is 13.2 Å². The summed E-state index contributed by atoms with van der Waals surface area (Å²) < 4.78 is 35.4. The number of nitrogens with one attached hydrogen (secondary N) is 1. The standard InChI is InChI=1S/C20H30N4O4S/c1-22-18-8-7-17(14-19(18)28-20(22)25)29(26,27)24(16-6-4-9-21-15-16)13-5-12-23-10-2-3-11-23/h7-8,14,16,21H,2-6,9-13,15H2,1H3. The van der Waals surface area contributed by atoms with Gasteiger partial charge in [-0.1, -0.05) is 0 Å². The molecule has 1 unspecified atom stereocenters. The predicted octanol–water partition coefficient (Wildman–Crippen LogP) is 1.36. The molecule has 0 saturated carbocycles. The summed E-state index contributed by atoms with van der Waals surface area (Å²) in [5.41, 5.74) is 0.895. The highest BCUT2D eigenvalue weighted by molar-refractivity contribution is 7.89. The average molecular weight is 423 g/mol. The largest absolute Gasteiger partial charge is 0.419 e. The Morgan fingerprint density at radius 1 is 1.24 bits per heavy atom. The Labute approximate surface area is 171 Å². The summed E-state index contributed by atoms with van der Waals surface area (Å²) in [5.74, 6) is -0.492. The first kappa shape index (κ1) is 20.6. The Balaban J connectivity index is 1.59. The number of benzene rings is 1. The highest BCUT2D eigenvalue weighted by Gasteiger charge is 2.32. The third-order valence-corrected chi connectivity index (χ3v) is 8.05. The number of oxazole rings is 1. The van der Waals surface area contributed by atoms with Crippen LogP contribution in [0.3, 0.4) is 0 Å².